The van der Waals surface area contributed by atoms with Gasteiger partial charge in [0.15, 0.2) is 0 Å². The fourth-order valence-corrected chi connectivity index (χ4v) is 4.27. The lowest BCUT2D eigenvalue weighted by atomic mass is 9.90. The predicted molar refractivity (Wildman–Crippen MR) is 111 cm³/mol. The highest BCUT2D eigenvalue weighted by molar-refractivity contribution is 5.85. The fourth-order valence-electron chi connectivity index (χ4n) is 4.27. The lowest BCUT2D eigenvalue weighted by Gasteiger charge is -2.30. The number of hydrogen-bond donors (Lipinski definition) is 4. The number of fused-ring (bicyclic) bond motifs is 3. The Hall–Kier alpha value is -2.74. The summed E-state index contributed by atoms with van der Waals surface area (Å²) in [5, 5.41) is 36.2. The molecule has 1 aliphatic rings. The highest BCUT2D eigenvalue weighted by Gasteiger charge is 2.29. The summed E-state index contributed by atoms with van der Waals surface area (Å²) in [6, 6.07) is 11.6. The summed E-state index contributed by atoms with van der Waals surface area (Å²) >= 11 is 0. The molecule has 0 aliphatic heterocycles. The van der Waals surface area contributed by atoms with Gasteiger partial charge in [0.1, 0.15) is 0 Å². The summed E-state index contributed by atoms with van der Waals surface area (Å²) < 4.78 is 0. The van der Waals surface area contributed by atoms with Crippen molar-refractivity contribution in [1.82, 2.24) is 10.3 Å². The number of rotatable bonds is 6. The SMILES string of the molecule is Cc1ccc2[nH]c3c(c2c1)CCC[C@@H]3N[C@@H](CO)[C@@H](O)c1ccc([N+](=O)[O-])cc1. The molecule has 0 saturated heterocycles. The number of H-pyrrole nitrogens is 1. The normalized spacial score (nSPS) is 18.4. The Morgan fingerprint density at radius 2 is 2.03 bits per heavy atom. The van der Waals surface area contributed by atoms with Gasteiger partial charge in [0.25, 0.3) is 5.69 Å². The standard InChI is InChI=1S/C22H25N3O4/c1-13-5-10-18-17(11-13)16-3-2-4-19(21(16)24-18)23-20(12-26)22(27)14-6-8-15(9-7-14)25(28)29/h5-11,19-20,22-24,26-27H,2-4,12H2,1H3/t19-,20-,22-/m0/s1. The van der Waals surface area contributed by atoms with E-state index in [0.717, 1.165) is 30.5 Å². The molecule has 0 fully saturated rings. The first-order chi connectivity index (χ1) is 14.0. The van der Waals surface area contributed by atoms with Gasteiger partial charge in [0.05, 0.1) is 23.7 Å². The molecule has 0 unspecified atom stereocenters. The van der Waals surface area contributed by atoms with E-state index in [1.807, 2.05) is 0 Å². The largest absolute Gasteiger partial charge is 0.395 e. The molecule has 0 saturated carbocycles. The number of nitro benzene ring substituents is 1. The minimum absolute atomic E-state index is 0.00342. The molecule has 2 aromatic carbocycles. The number of aromatic nitrogens is 1. The Labute approximate surface area is 168 Å². The van der Waals surface area contributed by atoms with Crippen molar-refractivity contribution in [2.75, 3.05) is 6.61 Å². The molecule has 152 valence electrons. The summed E-state index contributed by atoms with van der Waals surface area (Å²) in [7, 11) is 0. The van der Waals surface area contributed by atoms with Crippen molar-refractivity contribution in [2.45, 2.75) is 44.4 Å². The Morgan fingerprint density at radius 1 is 1.28 bits per heavy atom. The second kappa shape index (κ2) is 7.94. The van der Waals surface area contributed by atoms with Crippen LogP contribution in [0.5, 0.6) is 0 Å². The average Bonchev–Trinajstić information content (AvgIpc) is 3.10. The third kappa shape index (κ3) is 3.76. The molecule has 0 amide bonds. The molecule has 0 radical (unpaired) electrons. The number of aliphatic hydroxyl groups excluding tert-OH is 2. The van der Waals surface area contributed by atoms with Crippen molar-refractivity contribution < 1.29 is 15.1 Å². The van der Waals surface area contributed by atoms with Crippen LogP contribution in [-0.2, 0) is 6.42 Å². The first-order valence-corrected chi connectivity index (χ1v) is 9.88. The topological polar surface area (TPSA) is 111 Å². The number of hydrogen-bond acceptors (Lipinski definition) is 5. The molecule has 0 spiro atoms. The Bertz CT molecular complexity index is 1030. The maximum atomic E-state index is 10.8. The van der Waals surface area contributed by atoms with Crippen LogP contribution in [0.15, 0.2) is 42.5 Å². The fraction of sp³-hybridized carbons (Fsp3) is 0.364. The molecule has 3 aromatic rings. The van der Waals surface area contributed by atoms with Gasteiger partial charge in [-0.25, -0.2) is 0 Å². The Balaban J connectivity index is 1.58. The second-order valence-electron chi connectivity index (χ2n) is 7.76. The van der Waals surface area contributed by atoms with Gasteiger partial charge in [-0.15, -0.1) is 0 Å². The van der Waals surface area contributed by atoms with Crippen molar-refractivity contribution in [3.05, 3.63) is 75.0 Å². The van der Waals surface area contributed by atoms with Crippen LogP contribution in [0, 0.1) is 17.0 Å². The van der Waals surface area contributed by atoms with Crippen LogP contribution in [0.3, 0.4) is 0 Å². The number of benzene rings is 2. The smallest absolute Gasteiger partial charge is 0.269 e. The van der Waals surface area contributed by atoms with Gasteiger partial charge in [-0.05, 0) is 61.6 Å². The summed E-state index contributed by atoms with van der Waals surface area (Å²) in [6.45, 7) is 1.84. The van der Waals surface area contributed by atoms with E-state index in [9.17, 15) is 20.3 Å². The molecular formula is C22H25N3O4. The number of aromatic amines is 1. The van der Waals surface area contributed by atoms with Crippen LogP contribution < -0.4 is 5.32 Å². The second-order valence-corrected chi connectivity index (χ2v) is 7.76. The zero-order valence-corrected chi connectivity index (χ0v) is 16.3. The number of nitrogens with zero attached hydrogens (tertiary/aromatic N) is 1. The number of nitrogens with one attached hydrogen (secondary N) is 2. The van der Waals surface area contributed by atoms with Crippen LogP contribution in [0.2, 0.25) is 0 Å². The van der Waals surface area contributed by atoms with E-state index in [0.29, 0.717) is 5.56 Å². The molecule has 1 aliphatic carbocycles. The third-order valence-corrected chi connectivity index (χ3v) is 5.80. The molecule has 29 heavy (non-hydrogen) atoms. The zero-order chi connectivity index (χ0) is 20.5. The highest BCUT2D eigenvalue weighted by atomic mass is 16.6. The van der Waals surface area contributed by atoms with E-state index in [1.54, 1.807) is 0 Å². The quantitative estimate of drug-likeness (QED) is 0.377. The molecule has 1 heterocycles. The molecule has 4 N–H and O–H groups in total. The van der Waals surface area contributed by atoms with Gasteiger partial charge in [-0.1, -0.05) is 11.6 Å². The van der Waals surface area contributed by atoms with Crippen LogP contribution in [0.4, 0.5) is 5.69 Å². The van der Waals surface area contributed by atoms with Gasteiger partial charge in [-0.2, -0.15) is 0 Å². The van der Waals surface area contributed by atoms with Crippen molar-refractivity contribution in [1.29, 1.82) is 0 Å². The predicted octanol–water partition coefficient (Wildman–Crippen LogP) is 3.45. The zero-order valence-electron chi connectivity index (χ0n) is 16.3. The van der Waals surface area contributed by atoms with Crippen molar-refractivity contribution >= 4 is 16.6 Å². The summed E-state index contributed by atoms with van der Waals surface area (Å²) in [5.41, 5.74) is 5.24. The van der Waals surface area contributed by atoms with E-state index in [2.05, 4.69) is 35.4 Å². The van der Waals surface area contributed by atoms with Crippen molar-refractivity contribution in [3.63, 3.8) is 0 Å². The van der Waals surface area contributed by atoms with Crippen molar-refractivity contribution in [3.8, 4) is 0 Å². The van der Waals surface area contributed by atoms with Crippen LogP contribution in [0.25, 0.3) is 10.9 Å². The molecule has 3 atom stereocenters. The molecule has 7 nitrogen and oxygen atoms in total. The average molecular weight is 395 g/mol. The number of aryl methyl sites for hydroxylation is 2. The molecular weight excluding hydrogens is 370 g/mol. The minimum Gasteiger partial charge on any atom is -0.395 e. The van der Waals surface area contributed by atoms with Crippen LogP contribution in [0.1, 0.15) is 47.4 Å². The number of nitro groups is 1. The first-order valence-electron chi connectivity index (χ1n) is 9.88. The van der Waals surface area contributed by atoms with Gasteiger partial charge in [0, 0.05) is 34.8 Å². The van der Waals surface area contributed by atoms with Crippen LogP contribution in [-0.4, -0.2) is 32.8 Å². The number of non-ortho nitro benzene ring substituents is 1. The Morgan fingerprint density at radius 3 is 2.72 bits per heavy atom. The van der Waals surface area contributed by atoms with Crippen LogP contribution >= 0.6 is 0 Å². The van der Waals surface area contributed by atoms with E-state index < -0.39 is 17.1 Å². The van der Waals surface area contributed by atoms with Crippen molar-refractivity contribution in [2.24, 2.45) is 0 Å². The minimum atomic E-state index is -0.974. The first kappa shape index (κ1) is 19.6. The molecule has 7 heteroatoms. The maximum Gasteiger partial charge on any atom is 0.269 e. The Kier molecular flexibility index (Phi) is 5.36. The summed E-state index contributed by atoms with van der Waals surface area (Å²) in [5.74, 6) is 0. The molecule has 0 bridgehead atoms. The van der Waals surface area contributed by atoms with E-state index in [4.69, 9.17) is 0 Å². The lowest BCUT2D eigenvalue weighted by Crippen LogP contribution is -2.41. The molecule has 1 aromatic heterocycles. The van der Waals surface area contributed by atoms with E-state index >= 15 is 0 Å². The van der Waals surface area contributed by atoms with Gasteiger partial charge in [0.2, 0.25) is 0 Å². The maximum absolute atomic E-state index is 10.8. The third-order valence-electron chi connectivity index (χ3n) is 5.80. The van der Waals surface area contributed by atoms with E-state index in [1.165, 1.54) is 40.8 Å². The van der Waals surface area contributed by atoms with Gasteiger partial charge in [-0.3, -0.25) is 10.1 Å². The lowest BCUT2D eigenvalue weighted by molar-refractivity contribution is -0.384. The molecule has 4 rings (SSSR count). The number of aliphatic hydroxyl groups is 2. The van der Waals surface area contributed by atoms with E-state index in [-0.39, 0.29) is 18.3 Å². The highest BCUT2D eigenvalue weighted by Crippen LogP contribution is 2.36. The summed E-state index contributed by atoms with van der Waals surface area (Å²) in [4.78, 5) is 13.9. The van der Waals surface area contributed by atoms with Gasteiger partial charge >= 0.3 is 0 Å². The monoisotopic (exact) mass is 395 g/mol. The van der Waals surface area contributed by atoms with Gasteiger partial charge < -0.3 is 20.5 Å². The summed E-state index contributed by atoms with van der Waals surface area (Å²) in [6.07, 6.45) is 1.96.